The lowest BCUT2D eigenvalue weighted by Crippen LogP contribution is -2.59. The number of halogens is 1. The van der Waals surface area contributed by atoms with E-state index in [9.17, 15) is 9.18 Å². The van der Waals surface area contributed by atoms with Crippen molar-refractivity contribution in [2.75, 3.05) is 45.8 Å². The summed E-state index contributed by atoms with van der Waals surface area (Å²) in [6.07, 6.45) is 6.70. The molecule has 0 unspecified atom stereocenters. The predicted molar refractivity (Wildman–Crippen MR) is 143 cm³/mol. The van der Waals surface area contributed by atoms with E-state index in [0.717, 1.165) is 61.0 Å². The minimum Gasteiger partial charge on any atom is -0.383 e. The summed E-state index contributed by atoms with van der Waals surface area (Å²) in [5, 5.41) is 11.3. The third-order valence-corrected chi connectivity index (χ3v) is 7.64. The number of carbonyl (C=O) groups excluding carboxylic acids is 1. The van der Waals surface area contributed by atoms with Crippen LogP contribution in [0.15, 0.2) is 46.9 Å². The van der Waals surface area contributed by atoms with Crippen molar-refractivity contribution in [2.45, 2.75) is 32.2 Å². The topological polar surface area (TPSA) is 104 Å². The van der Waals surface area contributed by atoms with E-state index in [1.165, 1.54) is 18.9 Å². The Morgan fingerprint density at radius 1 is 1.27 bits per heavy atom. The van der Waals surface area contributed by atoms with Crippen LogP contribution in [-0.2, 0) is 11.8 Å². The Morgan fingerprint density at radius 3 is 2.73 bits per heavy atom. The van der Waals surface area contributed by atoms with E-state index in [0.29, 0.717) is 25.6 Å². The summed E-state index contributed by atoms with van der Waals surface area (Å²) in [6.45, 7) is 7.95. The summed E-state index contributed by atoms with van der Waals surface area (Å²) in [4.78, 5) is 20.8. The number of rotatable bonds is 7. The van der Waals surface area contributed by atoms with Gasteiger partial charge in [0, 0.05) is 69.6 Å². The number of aromatic nitrogens is 2. The van der Waals surface area contributed by atoms with E-state index in [1.54, 1.807) is 28.8 Å². The molecule has 5 rings (SSSR count). The van der Waals surface area contributed by atoms with Gasteiger partial charge in [0.25, 0.3) is 0 Å². The Morgan fingerprint density at radius 2 is 2.05 bits per heavy atom. The zero-order chi connectivity index (χ0) is 25.9. The average Bonchev–Trinajstić information content (AvgIpc) is 3.30. The number of hydrogen-bond acceptors (Lipinski definition) is 6. The molecule has 0 aliphatic carbocycles. The van der Waals surface area contributed by atoms with Crippen molar-refractivity contribution < 1.29 is 9.18 Å². The van der Waals surface area contributed by atoms with Crippen molar-refractivity contribution in [1.29, 1.82) is 0 Å². The van der Waals surface area contributed by atoms with Crippen LogP contribution in [0.25, 0.3) is 11.1 Å². The highest BCUT2D eigenvalue weighted by Gasteiger charge is 2.31. The molecule has 0 saturated carbocycles. The van der Waals surface area contributed by atoms with Crippen molar-refractivity contribution in [3.05, 3.63) is 47.7 Å². The van der Waals surface area contributed by atoms with Gasteiger partial charge in [-0.1, -0.05) is 6.07 Å². The molecule has 9 nitrogen and oxygen atoms in total. The molecule has 1 aromatic carbocycles. The lowest BCUT2D eigenvalue weighted by molar-refractivity contribution is -0.128. The van der Waals surface area contributed by atoms with E-state index in [4.69, 9.17) is 5.73 Å². The summed E-state index contributed by atoms with van der Waals surface area (Å²) < 4.78 is 16.7. The van der Waals surface area contributed by atoms with Crippen molar-refractivity contribution in [2.24, 2.45) is 23.7 Å². The van der Waals surface area contributed by atoms with Gasteiger partial charge in [0.15, 0.2) is 0 Å². The Kier molecular flexibility index (Phi) is 7.57. The molecule has 4 heterocycles. The number of aliphatic imine (C=N–C) groups is 1. The second kappa shape index (κ2) is 11.0. The van der Waals surface area contributed by atoms with Crippen LogP contribution >= 0.6 is 0 Å². The first-order valence-electron chi connectivity index (χ1n) is 13.2. The summed E-state index contributed by atoms with van der Waals surface area (Å²) in [5.41, 5.74) is 9.97. The second-order valence-corrected chi connectivity index (χ2v) is 10.5. The van der Waals surface area contributed by atoms with Crippen molar-refractivity contribution in [1.82, 2.24) is 30.2 Å². The highest BCUT2D eigenvalue weighted by molar-refractivity contribution is 6.00. The van der Waals surface area contributed by atoms with Crippen LogP contribution in [0.2, 0.25) is 0 Å². The molecular weight excluding hydrogens is 471 g/mol. The molecular formula is C27H37FN8O. The SMILES string of the molecule is CC(=O)N1CCC(NC2CN(CC3CCNCC3)C2)=C(C(N)=Nc2ccc(-c3cnn(C)c3)cc2F)C1. The second-order valence-electron chi connectivity index (χ2n) is 10.5. The van der Waals surface area contributed by atoms with Gasteiger partial charge in [-0.15, -0.1) is 0 Å². The lowest BCUT2D eigenvalue weighted by atomic mass is 9.95. The van der Waals surface area contributed by atoms with Crippen LogP contribution in [0.4, 0.5) is 10.1 Å². The summed E-state index contributed by atoms with van der Waals surface area (Å²) in [5.74, 6) is 0.560. The third kappa shape index (κ3) is 6.02. The smallest absolute Gasteiger partial charge is 0.219 e. The number of nitrogens with two attached hydrogens (primary N) is 1. The minimum atomic E-state index is -0.453. The molecule has 198 valence electrons. The zero-order valence-corrected chi connectivity index (χ0v) is 21.7. The van der Waals surface area contributed by atoms with Crippen molar-refractivity contribution in [3.8, 4) is 11.1 Å². The average molecular weight is 509 g/mol. The fourth-order valence-corrected chi connectivity index (χ4v) is 5.46. The van der Waals surface area contributed by atoms with E-state index in [1.807, 2.05) is 19.3 Å². The highest BCUT2D eigenvalue weighted by Crippen LogP contribution is 2.27. The molecule has 3 aliphatic heterocycles. The minimum absolute atomic E-state index is 0.00635. The molecule has 4 N–H and O–H groups in total. The maximum atomic E-state index is 15.0. The molecule has 2 aromatic rings. The molecule has 2 fully saturated rings. The van der Waals surface area contributed by atoms with E-state index in [2.05, 4.69) is 25.6 Å². The fourth-order valence-electron chi connectivity index (χ4n) is 5.46. The van der Waals surface area contributed by atoms with Gasteiger partial charge in [0.1, 0.15) is 17.3 Å². The predicted octanol–water partition coefficient (Wildman–Crippen LogP) is 1.99. The van der Waals surface area contributed by atoms with Gasteiger partial charge >= 0.3 is 0 Å². The number of hydrogen-bond donors (Lipinski definition) is 3. The first-order chi connectivity index (χ1) is 17.9. The molecule has 0 radical (unpaired) electrons. The maximum absolute atomic E-state index is 15.0. The number of carbonyl (C=O) groups is 1. The lowest BCUT2D eigenvalue weighted by Gasteiger charge is -2.44. The molecule has 0 bridgehead atoms. The van der Waals surface area contributed by atoms with Gasteiger partial charge in [0.05, 0.1) is 18.8 Å². The molecule has 1 amide bonds. The van der Waals surface area contributed by atoms with Crippen LogP contribution in [0.3, 0.4) is 0 Å². The first kappa shape index (κ1) is 25.4. The van der Waals surface area contributed by atoms with Gasteiger partial charge < -0.3 is 21.3 Å². The van der Waals surface area contributed by atoms with Gasteiger partial charge in [-0.3, -0.25) is 14.4 Å². The normalized spacial score (nSPS) is 20.3. The number of nitrogens with zero attached hydrogens (tertiary/aromatic N) is 5. The van der Waals surface area contributed by atoms with Crippen molar-refractivity contribution >= 4 is 17.4 Å². The van der Waals surface area contributed by atoms with Crippen LogP contribution in [0, 0.1) is 11.7 Å². The molecule has 37 heavy (non-hydrogen) atoms. The van der Waals surface area contributed by atoms with Crippen LogP contribution in [-0.4, -0.2) is 83.2 Å². The fraction of sp³-hybridized carbons (Fsp3) is 0.519. The summed E-state index contributed by atoms with van der Waals surface area (Å²) in [7, 11) is 1.82. The number of amides is 1. The molecule has 10 heteroatoms. The monoisotopic (exact) mass is 508 g/mol. The number of piperidine rings is 1. The first-order valence-corrected chi connectivity index (χ1v) is 13.2. The van der Waals surface area contributed by atoms with Gasteiger partial charge in [-0.25, -0.2) is 9.38 Å². The molecule has 1 aromatic heterocycles. The largest absolute Gasteiger partial charge is 0.383 e. The Hall–Kier alpha value is -3.24. The molecule has 3 aliphatic rings. The number of aryl methyl sites for hydroxylation is 1. The van der Waals surface area contributed by atoms with Gasteiger partial charge in [0.2, 0.25) is 5.91 Å². The quantitative estimate of drug-likeness (QED) is 0.391. The number of benzene rings is 1. The number of nitrogens with one attached hydrogen (secondary N) is 2. The number of likely N-dealkylation sites (tertiary alicyclic amines) is 1. The summed E-state index contributed by atoms with van der Waals surface area (Å²) in [6, 6.07) is 5.24. The van der Waals surface area contributed by atoms with Gasteiger partial charge in [-0.2, -0.15) is 5.10 Å². The Labute approximate surface area is 217 Å². The van der Waals surface area contributed by atoms with Crippen molar-refractivity contribution in [3.63, 3.8) is 0 Å². The zero-order valence-electron chi connectivity index (χ0n) is 21.7. The Balaban J connectivity index is 1.30. The number of amidine groups is 1. The summed E-state index contributed by atoms with van der Waals surface area (Å²) >= 11 is 0. The molecule has 0 spiro atoms. The Bertz CT molecular complexity index is 1190. The van der Waals surface area contributed by atoms with Crippen LogP contribution in [0.5, 0.6) is 0 Å². The van der Waals surface area contributed by atoms with Crippen LogP contribution < -0.4 is 16.4 Å². The maximum Gasteiger partial charge on any atom is 0.219 e. The van der Waals surface area contributed by atoms with Gasteiger partial charge in [-0.05, 0) is 49.5 Å². The highest BCUT2D eigenvalue weighted by atomic mass is 19.1. The standard InChI is InChI=1S/C27H37FN8O/c1-18(37)36-10-7-25(32-22-15-35(16-22)13-19-5-8-30-9-6-19)23(17-36)27(29)33-26-4-3-20(11-24(26)28)21-12-31-34(2)14-21/h3-4,11-12,14,19,22,30,32H,5-10,13,15-17H2,1-2H3,(H2,29,33). The molecule has 2 saturated heterocycles. The van der Waals surface area contributed by atoms with E-state index >= 15 is 0 Å². The van der Waals surface area contributed by atoms with E-state index in [-0.39, 0.29) is 17.4 Å². The molecule has 0 atom stereocenters. The van der Waals surface area contributed by atoms with E-state index < -0.39 is 5.82 Å². The third-order valence-electron chi connectivity index (χ3n) is 7.64. The van der Waals surface area contributed by atoms with Crippen LogP contribution in [0.1, 0.15) is 26.2 Å².